The van der Waals surface area contributed by atoms with Gasteiger partial charge in [-0.2, -0.15) is 26.3 Å². The summed E-state index contributed by atoms with van der Waals surface area (Å²) in [6.45, 7) is 0.0689. The number of rotatable bonds is 1. The van der Waals surface area contributed by atoms with E-state index in [0.717, 1.165) is 0 Å². The van der Waals surface area contributed by atoms with Gasteiger partial charge in [0.05, 0.1) is 12.1 Å². The van der Waals surface area contributed by atoms with E-state index in [4.69, 9.17) is 4.74 Å². The lowest BCUT2D eigenvalue weighted by molar-refractivity contribution is -0.334. The van der Waals surface area contributed by atoms with Gasteiger partial charge in [-0.05, 0) is 19.8 Å². The molecule has 2 heterocycles. The summed E-state index contributed by atoms with van der Waals surface area (Å²) in [5.74, 6) is 0. The Hall–Kier alpha value is -1.19. The molecule has 0 aromatic heterocycles. The zero-order valence-corrected chi connectivity index (χ0v) is 11.7. The molecule has 10 heteroatoms. The first-order valence-electron chi connectivity index (χ1n) is 6.78. The lowest BCUT2D eigenvalue weighted by Crippen LogP contribution is -2.53. The van der Waals surface area contributed by atoms with Crippen molar-refractivity contribution in [3.05, 3.63) is 0 Å². The molecule has 2 amide bonds. The maximum atomic E-state index is 12.9. The average molecular weight is 334 g/mol. The molecule has 0 aliphatic carbocycles. The van der Waals surface area contributed by atoms with E-state index in [1.165, 1.54) is 0 Å². The number of amides is 2. The number of ether oxygens (including phenoxy) is 1. The van der Waals surface area contributed by atoms with Gasteiger partial charge in [0.15, 0.2) is 5.41 Å². The number of carbonyl (C=O) groups excluding carboxylic acids is 1. The van der Waals surface area contributed by atoms with Gasteiger partial charge in [-0.1, -0.05) is 0 Å². The monoisotopic (exact) mass is 334 g/mol. The van der Waals surface area contributed by atoms with Crippen molar-refractivity contribution in [2.24, 2.45) is 5.41 Å². The maximum absolute atomic E-state index is 12.9. The molecule has 2 rings (SSSR count). The second-order valence-electron chi connectivity index (χ2n) is 5.67. The van der Waals surface area contributed by atoms with Crippen molar-refractivity contribution in [1.82, 2.24) is 10.2 Å². The normalized spacial score (nSPS) is 29.0. The Labute approximate surface area is 122 Å². The molecule has 1 N–H and O–H groups in total. The van der Waals surface area contributed by atoms with Crippen LogP contribution in [0.25, 0.3) is 0 Å². The van der Waals surface area contributed by atoms with Crippen LogP contribution in [0.2, 0.25) is 0 Å². The first-order valence-corrected chi connectivity index (χ1v) is 6.78. The summed E-state index contributed by atoms with van der Waals surface area (Å²) >= 11 is 0. The zero-order valence-electron chi connectivity index (χ0n) is 11.7. The van der Waals surface area contributed by atoms with Crippen LogP contribution in [0.1, 0.15) is 19.8 Å². The van der Waals surface area contributed by atoms with Crippen molar-refractivity contribution >= 4 is 6.03 Å². The van der Waals surface area contributed by atoms with Crippen molar-refractivity contribution in [2.75, 3.05) is 19.7 Å². The molecule has 0 aromatic rings. The number of likely N-dealkylation sites (tertiary alicyclic amines) is 1. The van der Waals surface area contributed by atoms with Crippen LogP contribution < -0.4 is 5.32 Å². The van der Waals surface area contributed by atoms with Gasteiger partial charge in [0, 0.05) is 19.7 Å². The highest BCUT2D eigenvalue weighted by Gasteiger charge is 2.73. The van der Waals surface area contributed by atoms with Crippen molar-refractivity contribution in [2.45, 2.75) is 44.3 Å². The molecule has 2 aliphatic heterocycles. The highest BCUT2D eigenvalue weighted by molar-refractivity contribution is 5.75. The summed E-state index contributed by atoms with van der Waals surface area (Å²) in [6.07, 6.45) is -11.9. The minimum absolute atomic E-state index is 0.318. The largest absolute Gasteiger partial charge is 0.404 e. The summed E-state index contributed by atoms with van der Waals surface area (Å²) in [6, 6.07) is -1.32. The SMILES string of the molecule is CC1OCCC1NC(=O)N1CCC(C(F)(F)F)(C(F)(F)F)C1. The van der Waals surface area contributed by atoms with Crippen molar-refractivity contribution < 1.29 is 35.9 Å². The van der Waals surface area contributed by atoms with Crippen molar-refractivity contribution in [3.63, 3.8) is 0 Å². The highest BCUT2D eigenvalue weighted by atomic mass is 19.4. The van der Waals surface area contributed by atoms with E-state index in [1.54, 1.807) is 6.92 Å². The molecule has 4 nitrogen and oxygen atoms in total. The van der Waals surface area contributed by atoms with Crippen LogP contribution in [-0.4, -0.2) is 55.1 Å². The number of carbonyl (C=O) groups is 1. The Kier molecular flexibility index (Phi) is 4.27. The molecule has 0 radical (unpaired) electrons. The first kappa shape index (κ1) is 17.2. The Morgan fingerprint density at radius 2 is 1.82 bits per heavy atom. The van der Waals surface area contributed by atoms with Crippen LogP contribution in [0.15, 0.2) is 0 Å². The van der Waals surface area contributed by atoms with Crippen LogP contribution in [0.5, 0.6) is 0 Å². The van der Waals surface area contributed by atoms with E-state index >= 15 is 0 Å². The fourth-order valence-corrected chi connectivity index (χ4v) is 2.78. The number of urea groups is 1. The number of nitrogens with zero attached hydrogens (tertiary/aromatic N) is 1. The smallest absolute Gasteiger partial charge is 0.376 e. The predicted octanol–water partition coefficient (Wildman–Crippen LogP) is 2.69. The Morgan fingerprint density at radius 3 is 2.23 bits per heavy atom. The summed E-state index contributed by atoms with van der Waals surface area (Å²) in [5.41, 5.74) is -3.85. The second kappa shape index (κ2) is 5.47. The molecule has 128 valence electrons. The molecule has 2 aliphatic rings. The summed E-state index contributed by atoms with van der Waals surface area (Å²) < 4.78 is 82.7. The summed E-state index contributed by atoms with van der Waals surface area (Å²) in [5, 5.41) is 2.44. The molecular formula is C12H16F6N2O2. The standard InChI is InChI=1S/C12H16F6N2O2/c1-7-8(2-5-22-7)19-9(21)20-4-3-10(6-20,11(13,14)15)12(16,17)18/h7-8H,2-6H2,1H3,(H,19,21). The molecular weight excluding hydrogens is 318 g/mol. The quantitative estimate of drug-likeness (QED) is 0.749. The number of nitrogens with one attached hydrogen (secondary N) is 1. The lowest BCUT2D eigenvalue weighted by Gasteiger charge is -2.33. The Morgan fingerprint density at radius 1 is 1.23 bits per heavy atom. The highest BCUT2D eigenvalue weighted by Crippen LogP contribution is 2.55. The predicted molar refractivity (Wildman–Crippen MR) is 63.1 cm³/mol. The fourth-order valence-electron chi connectivity index (χ4n) is 2.78. The number of halogens is 6. The minimum Gasteiger partial charge on any atom is -0.376 e. The Balaban J connectivity index is 2.08. The molecule has 2 saturated heterocycles. The summed E-state index contributed by atoms with van der Waals surface area (Å²) in [7, 11) is 0. The average Bonchev–Trinajstić information content (AvgIpc) is 2.95. The molecule has 2 fully saturated rings. The van der Waals surface area contributed by atoms with Crippen LogP contribution in [0.4, 0.5) is 31.1 Å². The molecule has 0 saturated carbocycles. The third kappa shape index (κ3) is 2.84. The van der Waals surface area contributed by atoms with Gasteiger partial charge in [0.2, 0.25) is 0 Å². The molecule has 22 heavy (non-hydrogen) atoms. The molecule has 2 atom stereocenters. The van der Waals surface area contributed by atoms with Crippen LogP contribution in [-0.2, 0) is 4.74 Å². The number of hydrogen-bond acceptors (Lipinski definition) is 2. The molecule has 2 unspecified atom stereocenters. The maximum Gasteiger partial charge on any atom is 0.404 e. The van der Waals surface area contributed by atoms with E-state index in [2.05, 4.69) is 5.32 Å². The van der Waals surface area contributed by atoms with Gasteiger partial charge >= 0.3 is 18.4 Å². The fraction of sp³-hybridized carbons (Fsp3) is 0.917. The van der Waals surface area contributed by atoms with Crippen LogP contribution >= 0.6 is 0 Å². The summed E-state index contributed by atoms with van der Waals surface area (Å²) in [4.78, 5) is 12.5. The second-order valence-corrected chi connectivity index (χ2v) is 5.67. The third-order valence-electron chi connectivity index (χ3n) is 4.33. The topological polar surface area (TPSA) is 41.6 Å². The number of alkyl halides is 6. The van der Waals surface area contributed by atoms with E-state index in [0.29, 0.717) is 17.9 Å². The Bertz CT molecular complexity index is 422. The van der Waals surface area contributed by atoms with Gasteiger partial charge in [-0.25, -0.2) is 4.79 Å². The van der Waals surface area contributed by atoms with E-state index in [9.17, 15) is 31.1 Å². The van der Waals surface area contributed by atoms with Gasteiger partial charge < -0.3 is 15.0 Å². The van der Waals surface area contributed by atoms with Gasteiger partial charge in [-0.3, -0.25) is 0 Å². The van der Waals surface area contributed by atoms with E-state index in [1.807, 2.05) is 0 Å². The third-order valence-corrected chi connectivity index (χ3v) is 4.33. The van der Waals surface area contributed by atoms with Crippen molar-refractivity contribution in [3.8, 4) is 0 Å². The van der Waals surface area contributed by atoms with Gasteiger partial charge in [0.1, 0.15) is 0 Å². The number of hydrogen-bond donors (Lipinski definition) is 1. The minimum atomic E-state index is -5.45. The van der Waals surface area contributed by atoms with E-state index < -0.39 is 49.4 Å². The molecule has 0 bridgehead atoms. The molecule has 0 aromatic carbocycles. The molecule has 0 spiro atoms. The first-order chi connectivity index (χ1) is 9.98. The van der Waals surface area contributed by atoms with Crippen molar-refractivity contribution in [1.29, 1.82) is 0 Å². The lowest BCUT2D eigenvalue weighted by atomic mass is 9.85. The van der Waals surface area contributed by atoms with Crippen LogP contribution in [0.3, 0.4) is 0 Å². The zero-order chi connectivity index (χ0) is 16.8. The van der Waals surface area contributed by atoms with E-state index in [-0.39, 0.29) is 6.10 Å². The van der Waals surface area contributed by atoms with Crippen LogP contribution in [0, 0.1) is 5.41 Å². The van der Waals surface area contributed by atoms with Gasteiger partial charge in [-0.15, -0.1) is 0 Å². The van der Waals surface area contributed by atoms with Gasteiger partial charge in [0.25, 0.3) is 0 Å².